The third-order valence-corrected chi connectivity index (χ3v) is 3.18. The van der Waals surface area contributed by atoms with Gasteiger partial charge in [0.2, 0.25) is 0 Å². The number of rotatable bonds is 4. The third kappa shape index (κ3) is 2.54. The summed E-state index contributed by atoms with van der Waals surface area (Å²) in [7, 11) is 0. The molecule has 20 heavy (non-hydrogen) atoms. The van der Waals surface area contributed by atoms with Crippen LogP contribution in [0.3, 0.4) is 0 Å². The van der Waals surface area contributed by atoms with Crippen LogP contribution in [-0.4, -0.2) is 14.8 Å². The van der Waals surface area contributed by atoms with E-state index in [4.69, 9.17) is 0 Å². The van der Waals surface area contributed by atoms with Gasteiger partial charge < -0.3 is 5.32 Å². The molecule has 2 aromatic heterocycles. The lowest BCUT2D eigenvalue weighted by molar-refractivity contribution is 0.829. The monoisotopic (exact) mass is 264 g/mol. The predicted octanol–water partition coefficient (Wildman–Crippen LogP) is 3.44. The lowest BCUT2D eigenvalue weighted by Crippen LogP contribution is -2.10. The molecule has 0 amide bonds. The van der Waals surface area contributed by atoms with Crippen LogP contribution in [0.2, 0.25) is 0 Å². The first kappa shape index (κ1) is 12.4. The molecule has 1 aromatic carbocycles. The van der Waals surface area contributed by atoms with E-state index in [1.165, 1.54) is 5.56 Å². The zero-order valence-electron chi connectivity index (χ0n) is 11.3. The Balaban J connectivity index is 1.88. The highest BCUT2D eigenvalue weighted by Gasteiger charge is 2.10. The van der Waals surface area contributed by atoms with Gasteiger partial charge in [0.1, 0.15) is 0 Å². The van der Waals surface area contributed by atoms with Gasteiger partial charge in [-0.3, -0.25) is 0 Å². The lowest BCUT2D eigenvalue weighted by atomic mass is 10.1. The number of hydrogen-bond acceptors (Lipinski definition) is 3. The molecule has 0 fully saturated rings. The first-order chi connectivity index (χ1) is 9.84. The molecule has 1 unspecified atom stereocenters. The molecule has 0 aliphatic rings. The van der Waals surface area contributed by atoms with Crippen molar-refractivity contribution in [1.82, 2.24) is 14.8 Å². The molecule has 0 aliphatic carbocycles. The van der Waals surface area contributed by atoms with Crippen molar-refractivity contribution in [2.24, 2.45) is 0 Å². The normalized spacial score (nSPS) is 12.1. The molecule has 4 nitrogen and oxygen atoms in total. The van der Waals surface area contributed by atoms with Crippen molar-refractivity contribution in [3.8, 4) is 5.82 Å². The molecule has 0 spiro atoms. The maximum atomic E-state index is 4.41. The maximum Gasteiger partial charge on any atom is 0.176 e. The van der Waals surface area contributed by atoms with Crippen LogP contribution >= 0.6 is 0 Å². The Labute approximate surface area is 118 Å². The minimum absolute atomic E-state index is 0.203. The SMILES string of the molecule is CC(Nc1cccnc1-n1cccn1)c1ccccc1. The van der Waals surface area contributed by atoms with E-state index in [1.807, 2.05) is 42.6 Å². The van der Waals surface area contributed by atoms with Crippen LogP contribution < -0.4 is 5.32 Å². The van der Waals surface area contributed by atoms with E-state index in [2.05, 4.69) is 34.5 Å². The second kappa shape index (κ2) is 5.57. The first-order valence-electron chi connectivity index (χ1n) is 6.61. The fraction of sp³-hybridized carbons (Fsp3) is 0.125. The smallest absolute Gasteiger partial charge is 0.176 e. The Morgan fingerprint density at radius 1 is 1.00 bits per heavy atom. The topological polar surface area (TPSA) is 42.7 Å². The van der Waals surface area contributed by atoms with Gasteiger partial charge in [-0.05, 0) is 30.7 Å². The highest BCUT2D eigenvalue weighted by molar-refractivity contribution is 5.57. The molecule has 3 aromatic rings. The van der Waals surface area contributed by atoms with Crippen LogP contribution in [0.4, 0.5) is 5.69 Å². The second-order valence-corrected chi connectivity index (χ2v) is 4.60. The van der Waals surface area contributed by atoms with E-state index in [0.717, 1.165) is 11.5 Å². The van der Waals surface area contributed by atoms with Crippen LogP contribution in [0.1, 0.15) is 18.5 Å². The number of aromatic nitrogens is 3. The summed E-state index contributed by atoms with van der Waals surface area (Å²) >= 11 is 0. The minimum atomic E-state index is 0.203. The van der Waals surface area contributed by atoms with Crippen molar-refractivity contribution in [2.75, 3.05) is 5.32 Å². The molecule has 3 rings (SSSR count). The van der Waals surface area contributed by atoms with Gasteiger partial charge in [-0.1, -0.05) is 30.3 Å². The van der Waals surface area contributed by atoms with Crippen LogP contribution in [0, 0.1) is 0 Å². The largest absolute Gasteiger partial charge is 0.375 e. The van der Waals surface area contributed by atoms with E-state index in [0.29, 0.717) is 0 Å². The average molecular weight is 264 g/mol. The number of nitrogens with zero attached hydrogens (tertiary/aromatic N) is 3. The first-order valence-corrected chi connectivity index (χ1v) is 6.61. The van der Waals surface area contributed by atoms with Crippen molar-refractivity contribution in [3.05, 3.63) is 72.7 Å². The molecule has 100 valence electrons. The van der Waals surface area contributed by atoms with Crippen LogP contribution in [0.15, 0.2) is 67.1 Å². The van der Waals surface area contributed by atoms with Gasteiger partial charge in [0.05, 0.1) is 5.69 Å². The van der Waals surface area contributed by atoms with Crippen molar-refractivity contribution in [2.45, 2.75) is 13.0 Å². The standard InChI is InChI=1S/C16H16N4/c1-13(14-7-3-2-4-8-14)19-15-9-5-10-17-16(15)20-12-6-11-18-20/h2-13,19H,1H3. The van der Waals surface area contributed by atoms with Crippen molar-refractivity contribution < 1.29 is 0 Å². The fourth-order valence-corrected chi connectivity index (χ4v) is 2.14. The van der Waals surface area contributed by atoms with Crippen LogP contribution in [0.25, 0.3) is 5.82 Å². The predicted molar refractivity (Wildman–Crippen MR) is 79.8 cm³/mol. The van der Waals surface area contributed by atoms with E-state index in [9.17, 15) is 0 Å². The zero-order chi connectivity index (χ0) is 13.8. The average Bonchev–Trinajstić information content (AvgIpc) is 3.03. The summed E-state index contributed by atoms with van der Waals surface area (Å²) in [5.41, 5.74) is 2.20. The Morgan fingerprint density at radius 3 is 2.60 bits per heavy atom. The summed E-state index contributed by atoms with van der Waals surface area (Å²) in [6.07, 6.45) is 5.41. The molecular formula is C16H16N4. The number of anilines is 1. The Hall–Kier alpha value is -2.62. The van der Waals surface area contributed by atoms with Crippen LogP contribution in [0.5, 0.6) is 0 Å². The van der Waals surface area contributed by atoms with Crippen molar-refractivity contribution in [3.63, 3.8) is 0 Å². The number of benzene rings is 1. The van der Waals surface area contributed by atoms with Crippen molar-refractivity contribution in [1.29, 1.82) is 0 Å². The lowest BCUT2D eigenvalue weighted by Gasteiger charge is -2.17. The molecule has 1 N–H and O–H groups in total. The Kier molecular flexibility index (Phi) is 3.46. The van der Waals surface area contributed by atoms with Crippen molar-refractivity contribution >= 4 is 5.69 Å². The van der Waals surface area contributed by atoms with Gasteiger partial charge in [-0.15, -0.1) is 0 Å². The van der Waals surface area contributed by atoms with E-state index < -0.39 is 0 Å². The summed E-state index contributed by atoms with van der Waals surface area (Å²) in [4.78, 5) is 4.41. The molecule has 0 saturated heterocycles. The third-order valence-electron chi connectivity index (χ3n) is 3.18. The second-order valence-electron chi connectivity index (χ2n) is 4.60. The molecular weight excluding hydrogens is 248 g/mol. The molecule has 0 aliphatic heterocycles. The summed E-state index contributed by atoms with van der Waals surface area (Å²) in [5.74, 6) is 0.806. The Bertz CT molecular complexity index is 662. The summed E-state index contributed by atoms with van der Waals surface area (Å²) in [5, 5.41) is 7.73. The zero-order valence-corrected chi connectivity index (χ0v) is 11.3. The summed E-state index contributed by atoms with van der Waals surface area (Å²) < 4.78 is 1.76. The minimum Gasteiger partial charge on any atom is -0.375 e. The number of nitrogens with one attached hydrogen (secondary N) is 1. The van der Waals surface area contributed by atoms with Gasteiger partial charge in [0.25, 0.3) is 0 Å². The van der Waals surface area contributed by atoms with E-state index >= 15 is 0 Å². The van der Waals surface area contributed by atoms with Gasteiger partial charge in [0.15, 0.2) is 5.82 Å². The molecule has 0 saturated carbocycles. The number of hydrogen-bond donors (Lipinski definition) is 1. The quantitative estimate of drug-likeness (QED) is 0.785. The highest BCUT2D eigenvalue weighted by Crippen LogP contribution is 2.22. The molecule has 0 radical (unpaired) electrons. The maximum absolute atomic E-state index is 4.41. The summed E-state index contributed by atoms with van der Waals surface area (Å²) in [6, 6.07) is 16.4. The van der Waals surface area contributed by atoms with Gasteiger partial charge in [-0.25, -0.2) is 9.67 Å². The molecule has 0 bridgehead atoms. The molecule has 2 heterocycles. The summed E-state index contributed by atoms with van der Waals surface area (Å²) in [6.45, 7) is 2.13. The Morgan fingerprint density at radius 2 is 1.85 bits per heavy atom. The number of pyridine rings is 1. The van der Waals surface area contributed by atoms with E-state index in [-0.39, 0.29) is 6.04 Å². The van der Waals surface area contributed by atoms with Gasteiger partial charge >= 0.3 is 0 Å². The van der Waals surface area contributed by atoms with E-state index in [1.54, 1.807) is 17.1 Å². The van der Waals surface area contributed by atoms with Gasteiger partial charge in [-0.2, -0.15) is 5.10 Å². The van der Waals surface area contributed by atoms with Crippen LogP contribution in [-0.2, 0) is 0 Å². The van der Waals surface area contributed by atoms with Gasteiger partial charge in [0, 0.05) is 24.6 Å². The molecule has 1 atom stereocenters. The molecule has 4 heteroatoms. The fourth-order valence-electron chi connectivity index (χ4n) is 2.14. The highest BCUT2D eigenvalue weighted by atomic mass is 15.3.